The number of benzene rings is 1. The average Bonchev–Trinajstić information content (AvgIpc) is 2.86. The van der Waals surface area contributed by atoms with Crippen molar-refractivity contribution < 1.29 is 23.9 Å². The van der Waals surface area contributed by atoms with Gasteiger partial charge in [0.2, 0.25) is 5.78 Å². The van der Waals surface area contributed by atoms with Crippen LogP contribution in [0.1, 0.15) is 66.6 Å². The van der Waals surface area contributed by atoms with Gasteiger partial charge in [-0.3, -0.25) is 19.4 Å². The molecule has 0 aliphatic carbocycles. The van der Waals surface area contributed by atoms with Gasteiger partial charge in [-0.2, -0.15) is 0 Å². The third kappa shape index (κ3) is 7.74. The predicted molar refractivity (Wildman–Crippen MR) is 127 cm³/mol. The molecular weight excluding hydrogens is 434 g/mol. The summed E-state index contributed by atoms with van der Waals surface area (Å²) >= 11 is 0. The fourth-order valence-electron chi connectivity index (χ4n) is 3.76. The number of pyridine rings is 1. The van der Waals surface area contributed by atoms with Gasteiger partial charge in [0.25, 0.3) is 11.8 Å². The molecule has 1 aliphatic rings. The molecule has 0 spiro atoms. The van der Waals surface area contributed by atoms with Gasteiger partial charge in [-0.05, 0) is 62.3 Å². The number of carbonyl (C=O) groups is 3. The van der Waals surface area contributed by atoms with Gasteiger partial charge < -0.3 is 20.1 Å². The average molecular weight is 468 g/mol. The summed E-state index contributed by atoms with van der Waals surface area (Å²) in [7, 11) is 0. The number of hydrogen-bond acceptors (Lipinski definition) is 6. The lowest BCUT2D eigenvalue weighted by molar-refractivity contribution is -0.139. The molecule has 34 heavy (non-hydrogen) atoms. The van der Waals surface area contributed by atoms with Crippen LogP contribution in [0, 0.1) is 0 Å². The molecule has 0 saturated carbocycles. The molecule has 0 radical (unpaired) electrons. The number of ketones is 1. The molecule has 3 rings (SSSR count). The summed E-state index contributed by atoms with van der Waals surface area (Å²) < 4.78 is 11.4. The van der Waals surface area contributed by atoms with Crippen LogP contribution in [0.25, 0.3) is 0 Å². The van der Waals surface area contributed by atoms with Crippen molar-refractivity contribution in [2.24, 2.45) is 0 Å². The number of ether oxygens (including phenoxy) is 2. The Morgan fingerprint density at radius 2 is 1.76 bits per heavy atom. The van der Waals surface area contributed by atoms with Crippen molar-refractivity contribution in [3.8, 4) is 0 Å². The third-order valence-electron chi connectivity index (χ3n) is 5.76. The number of Topliss-reactive ketones (excluding diaryl/α,β-unsaturated/α-hetero) is 1. The Morgan fingerprint density at radius 3 is 2.53 bits per heavy atom. The van der Waals surface area contributed by atoms with Crippen LogP contribution >= 0.6 is 0 Å². The van der Waals surface area contributed by atoms with Gasteiger partial charge in [0.05, 0.1) is 18.7 Å². The third-order valence-corrected chi connectivity index (χ3v) is 5.76. The van der Waals surface area contributed by atoms with Crippen LogP contribution in [-0.4, -0.2) is 48.4 Å². The van der Waals surface area contributed by atoms with Crippen LogP contribution in [-0.2, 0) is 25.7 Å². The zero-order chi connectivity index (χ0) is 24.2. The fourth-order valence-corrected chi connectivity index (χ4v) is 3.76. The van der Waals surface area contributed by atoms with E-state index in [4.69, 9.17) is 9.47 Å². The summed E-state index contributed by atoms with van der Waals surface area (Å²) in [5, 5.41) is 5.51. The molecule has 182 valence electrons. The van der Waals surface area contributed by atoms with E-state index in [0.29, 0.717) is 44.8 Å². The van der Waals surface area contributed by atoms with E-state index in [-0.39, 0.29) is 0 Å². The van der Waals surface area contributed by atoms with E-state index in [1.165, 1.54) is 0 Å². The molecule has 2 N–H and O–H groups in total. The number of rotatable bonds is 4. The molecule has 1 aliphatic heterocycles. The Hall–Kier alpha value is -3.10. The van der Waals surface area contributed by atoms with Crippen molar-refractivity contribution in [3.63, 3.8) is 0 Å². The number of nitrogens with one attached hydrogen (secondary N) is 2. The van der Waals surface area contributed by atoms with E-state index < -0.39 is 29.7 Å². The molecule has 2 aromatic rings. The van der Waals surface area contributed by atoms with Crippen LogP contribution < -0.4 is 10.6 Å². The Kier molecular flexibility index (Phi) is 10.2. The quantitative estimate of drug-likeness (QED) is 0.669. The summed E-state index contributed by atoms with van der Waals surface area (Å²) in [5.74, 6) is -1.79. The maximum atomic E-state index is 13.1. The minimum absolute atomic E-state index is 0.298. The highest BCUT2D eigenvalue weighted by atomic mass is 16.5. The van der Waals surface area contributed by atoms with E-state index in [1.807, 2.05) is 18.2 Å². The maximum absolute atomic E-state index is 13.1. The SMILES string of the molecule is C[C@@H](NC(=O)C(=O)C1CCCCOCCCCOCc2ccccc2C(=O)N1)c1cccnc1. The molecular formula is C26H33N3O5. The molecule has 1 unspecified atom stereocenters. The van der Waals surface area contributed by atoms with Crippen molar-refractivity contribution in [2.75, 3.05) is 19.8 Å². The Labute approximate surface area is 200 Å². The van der Waals surface area contributed by atoms with Gasteiger partial charge in [0, 0.05) is 37.8 Å². The molecule has 0 bridgehead atoms. The summed E-state index contributed by atoms with van der Waals surface area (Å²) in [4.78, 5) is 43.0. The normalized spacial score (nSPS) is 19.3. The second-order valence-electron chi connectivity index (χ2n) is 8.40. The highest BCUT2D eigenvalue weighted by Gasteiger charge is 2.28. The standard InChI is InChI=1S/C26H33N3O5/c1-19(20-10-8-13-27-17-20)28-26(32)24(30)23-12-4-5-14-33-15-6-7-16-34-18-21-9-2-3-11-22(21)25(31)29-23/h2-3,8-11,13,17,19,23H,4-7,12,14-16,18H2,1H3,(H,28,32)(H,29,31)/t19-,23?/m1/s1. The zero-order valence-electron chi connectivity index (χ0n) is 19.6. The van der Waals surface area contributed by atoms with Crippen molar-refractivity contribution in [1.82, 2.24) is 15.6 Å². The zero-order valence-corrected chi connectivity index (χ0v) is 19.6. The Morgan fingerprint density at radius 1 is 1.03 bits per heavy atom. The van der Waals surface area contributed by atoms with E-state index in [1.54, 1.807) is 37.5 Å². The first kappa shape index (κ1) is 25.5. The monoisotopic (exact) mass is 467 g/mol. The van der Waals surface area contributed by atoms with Crippen LogP contribution in [0.5, 0.6) is 0 Å². The lowest BCUT2D eigenvalue weighted by atomic mass is 10.0. The van der Waals surface area contributed by atoms with Gasteiger partial charge in [0.1, 0.15) is 0 Å². The molecule has 8 nitrogen and oxygen atoms in total. The van der Waals surface area contributed by atoms with E-state index in [9.17, 15) is 14.4 Å². The highest BCUT2D eigenvalue weighted by Crippen LogP contribution is 2.14. The maximum Gasteiger partial charge on any atom is 0.290 e. The van der Waals surface area contributed by atoms with Gasteiger partial charge in [-0.15, -0.1) is 0 Å². The molecule has 1 aromatic heterocycles. The fraction of sp³-hybridized carbons (Fsp3) is 0.462. The molecule has 2 amide bonds. The van der Waals surface area contributed by atoms with E-state index in [2.05, 4.69) is 15.6 Å². The van der Waals surface area contributed by atoms with E-state index >= 15 is 0 Å². The second kappa shape index (κ2) is 13.6. The number of carbonyl (C=O) groups excluding carboxylic acids is 3. The van der Waals surface area contributed by atoms with Gasteiger partial charge in [0.15, 0.2) is 0 Å². The summed E-state index contributed by atoms with van der Waals surface area (Å²) in [5.41, 5.74) is 1.97. The minimum atomic E-state index is -0.935. The summed E-state index contributed by atoms with van der Waals surface area (Å²) in [6, 6.07) is 9.43. The van der Waals surface area contributed by atoms with Gasteiger partial charge >= 0.3 is 0 Å². The topological polar surface area (TPSA) is 107 Å². The minimum Gasteiger partial charge on any atom is -0.381 e. The largest absolute Gasteiger partial charge is 0.381 e. The first-order valence-corrected chi connectivity index (χ1v) is 11.8. The number of aromatic nitrogens is 1. The molecule has 0 fully saturated rings. The smallest absolute Gasteiger partial charge is 0.290 e. The van der Waals surface area contributed by atoms with Crippen LogP contribution in [0.4, 0.5) is 0 Å². The van der Waals surface area contributed by atoms with E-state index in [0.717, 1.165) is 30.4 Å². The number of hydrogen-bond donors (Lipinski definition) is 2. The van der Waals surface area contributed by atoms with Crippen molar-refractivity contribution >= 4 is 17.6 Å². The Bertz CT molecular complexity index is 950. The first-order valence-electron chi connectivity index (χ1n) is 11.8. The molecule has 8 heteroatoms. The number of fused-ring (bicyclic) bond motifs is 1. The van der Waals surface area contributed by atoms with Crippen molar-refractivity contribution in [1.29, 1.82) is 0 Å². The van der Waals surface area contributed by atoms with Gasteiger partial charge in [-0.25, -0.2) is 0 Å². The first-order chi connectivity index (χ1) is 16.6. The molecule has 2 atom stereocenters. The van der Waals surface area contributed by atoms with Crippen LogP contribution in [0.15, 0.2) is 48.8 Å². The lowest BCUT2D eigenvalue weighted by Crippen LogP contribution is -2.48. The molecule has 2 heterocycles. The number of nitrogens with zero attached hydrogens (tertiary/aromatic N) is 1. The highest BCUT2D eigenvalue weighted by molar-refractivity contribution is 6.38. The van der Waals surface area contributed by atoms with Crippen molar-refractivity contribution in [2.45, 2.75) is 57.7 Å². The lowest BCUT2D eigenvalue weighted by Gasteiger charge is -2.20. The summed E-state index contributed by atoms with van der Waals surface area (Å²) in [6.45, 7) is 3.89. The van der Waals surface area contributed by atoms with Gasteiger partial charge in [-0.1, -0.05) is 24.3 Å². The van der Waals surface area contributed by atoms with Crippen molar-refractivity contribution in [3.05, 3.63) is 65.5 Å². The Balaban J connectivity index is 1.73. The number of amides is 2. The second-order valence-corrected chi connectivity index (χ2v) is 8.40. The molecule has 0 saturated heterocycles. The molecule has 1 aromatic carbocycles. The summed E-state index contributed by atoms with van der Waals surface area (Å²) in [6.07, 6.45) is 6.80. The predicted octanol–water partition coefficient (Wildman–Crippen LogP) is 3.12. The van der Waals surface area contributed by atoms with Crippen LogP contribution in [0.2, 0.25) is 0 Å². The van der Waals surface area contributed by atoms with Crippen LogP contribution in [0.3, 0.4) is 0 Å².